The summed E-state index contributed by atoms with van der Waals surface area (Å²) in [5, 5.41) is 0. The molecule has 1 atom stereocenters. The first-order chi connectivity index (χ1) is 7.38. The van der Waals surface area contributed by atoms with Crippen LogP contribution in [0.2, 0.25) is 0 Å². The van der Waals surface area contributed by atoms with Gasteiger partial charge in [0.1, 0.15) is 0 Å². The molecule has 0 aliphatic heterocycles. The van der Waals surface area contributed by atoms with Gasteiger partial charge in [-0.3, -0.25) is 0 Å². The Morgan fingerprint density at radius 1 is 1.44 bits per heavy atom. The Labute approximate surface area is 96.9 Å². The highest BCUT2D eigenvalue weighted by Crippen LogP contribution is 1.95. The zero-order chi connectivity index (χ0) is 13.1. The fraction of sp³-hybridized carbons (Fsp3) is 0.500. The number of rotatable bonds is 4. The highest BCUT2D eigenvalue weighted by atomic mass is 16.5. The molecule has 4 heteroatoms. The van der Waals surface area contributed by atoms with Crippen molar-refractivity contribution in [1.82, 2.24) is 0 Å². The third-order valence-electron chi connectivity index (χ3n) is 1.59. The average molecular weight is 228 g/mol. The Hall–Kier alpha value is -1.58. The summed E-state index contributed by atoms with van der Waals surface area (Å²) in [5.41, 5.74) is 0.433. The van der Waals surface area contributed by atoms with Crippen LogP contribution in [0.15, 0.2) is 24.8 Å². The number of methoxy groups -OCH3 is 1. The van der Waals surface area contributed by atoms with Crippen LogP contribution in [0.4, 0.5) is 0 Å². The first-order valence-electron chi connectivity index (χ1n) is 4.95. The third kappa shape index (κ3) is 10.5. The van der Waals surface area contributed by atoms with Crippen LogP contribution in [0, 0.1) is 0 Å². The maximum Gasteiger partial charge on any atom is 0.332 e. The van der Waals surface area contributed by atoms with E-state index < -0.39 is 0 Å². The molecule has 0 radical (unpaired) electrons. The Morgan fingerprint density at radius 2 is 1.94 bits per heavy atom. The van der Waals surface area contributed by atoms with Crippen molar-refractivity contribution in [3.05, 3.63) is 24.8 Å². The molecule has 0 aliphatic carbocycles. The second kappa shape index (κ2) is 9.96. The number of esters is 2. The molecule has 0 spiro atoms. The first kappa shape index (κ1) is 16.8. The van der Waals surface area contributed by atoms with Crippen LogP contribution in [0.25, 0.3) is 0 Å². The van der Waals surface area contributed by atoms with E-state index in [4.69, 9.17) is 4.74 Å². The molecule has 1 unspecified atom stereocenters. The first-order valence-corrected chi connectivity index (χ1v) is 4.95. The highest BCUT2D eigenvalue weighted by Gasteiger charge is 2.01. The maximum absolute atomic E-state index is 10.4. The predicted octanol–water partition coefficient (Wildman–Crippen LogP) is 2.25. The van der Waals surface area contributed by atoms with Crippen molar-refractivity contribution in [3.63, 3.8) is 0 Å². The molecule has 0 aliphatic rings. The van der Waals surface area contributed by atoms with E-state index in [9.17, 15) is 9.59 Å². The standard InChI is InChI=1S/C7H12O2.C5H8O2/c1-4-6(3)9-7(8)5-2;1-4(2)5(6)7-3/h5-6H,2,4H2,1,3H3;1H2,2-3H3. The van der Waals surface area contributed by atoms with Gasteiger partial charge < -0.3 is 9.47 Å². The van der Waals surface area contributed by atoms with Gasteiger partial charge in [0.25, 0.3) is 0 Å². The lowest BCUT2D eigenvalue weighted by Gasteiger charge is -2.07. The van der Waals surface area contributed by atoms with E-state index in [0.717, 1.165) is 6.42 Å². The van der Waals surface area contributed by atoms with Crippen molar-refractivity contribution < 1.29 is 19.1 Å². The summed E-state index contributed by atoms with van der Waals surface area (Å²) in [6.45, 7) is 12.0. The van der Waals surface area contributed by atoms with E-state index in [1.807, 2.05) is 13.8 Å². The van der Waals surface area contributed by atoms with Crippen LogP contribution in [-0.4, -0.2) is 25.2 Å². The molecule has 0 N–H and O–H groups in total. The van der Waals surface area contributed by atoms with E-state index in [-0.39, 0.29) is 18.0 Å². The van der Waals surface area contributed by atoms with Crippen LogP contribution in [0.1, 0.15) is 27.2 Å². The van der Waals surface area contributed by atoms with Gasteiger partial charge in [0.2, 0.25) is 0 Å². The molecule has 0 saturated heterocycles. The summed E-state index contributed by atoms with van der Waals surface area (Å²) in [6.07, 6.45) is 2.03. The van der Waals surface area contributed by atoms with E-state index in [0.29, 0.717) is 5.57 Å². The van der Waals surface area contributed by atoms with E-state index in [2.05, 4.69) is 17.9 Å². The Balaban J connectivity index is 0. The number of hydrogen-bond donors (Lipinski definition) is 0. The van der Waals surface area contributed by atoms with Crippen molar-refractivity contribution in [3.8, 4) is 0 Å². The Bertz CT molecular complexity index is 256. The van der Waals surface area contributed by atoms with Crippen LogP contribution in [0.3, 0.4) is 0 Å². The van der Waals surface area contributed by atoms with Gasteiger partial charge in [-0.15, -0.1) is 0 Å². The zero-order valence-electron chi connectivity index (χ0n) is 10.4. The highest BCUT2D eigenvalue weighted by molar-refractivity contribution is 5.86. The summed E-state index contributed by atoms with van der Waals surface area (Å²) in [5.74, 6) is -0.690. The minimum atomic E-state index is -0.347. The summed E-state index contributed by atoms with van der Waals surface area (Å²) >= 11 is 0. The van der Waals surface area contributed by atoms with Gasteiger partial charge >= 0.3 is 11.9 Å². The molecule has 0 amide bonds. The minimum Gasteiger partial charge on any atom is -0.466 e. The number of hydrogen-bond acceptors (Lipinski definition) is 4. The van der Waals surface area contributed by atoms with Crippen LogP contribution in [0.5, 0.6) is 0 Å². The SMILES string of the molecule is C=C(C)C(=O)OC.C=CC(=O)OC(C)CC. The summed E-state index contributed by atoms with van der Waals surface area (Å²) in [4.78, 5) is 20.6. The molecular weight excluding hydrogens is 208 g/mol. The second-order valence-corrected chi connectivity index (χ2v) is 3.13. The van der Waals surface area contributed by atoms with Gasteiger partial charge in [0.05, 0.1) is 13.2 Å². The predicted molar refractivity (Wildman–Crippen MR) is 62.9 cm³/mol. The van der Waals surface area contributed by atoms with E-state index >= 15 is 0 Å². The quantitative estimate of drug-likeness (QED) is 0.547. The number of carbonyl (C=O) groups excluding carboxylic acids is 2. The van der Waals surface area contributed by atoms with E-state index in [1.165, 1.54) is 13.2 Å². The molecular formula is C12H20O4. The van der Waals surface area contributed by atoms with Crippen molar-refractivity contribution in [2.24, 2.45) is 0 Å². The topological polar surface area (TPSA) is 52.6 Å². The van der Waals surface area contributed by atoms with Crippen LogP contribution in [-0.2, 0) is 19.1 Å². The lowest BCUT2D eigenvalue weighted by molar-refractivity contribution is -0.142. The molecule has 0 aromatic carbocycles. The van der Waals surface area contributed by atoms with Gasteiger partial charge in [0, 0.05) is 11.6 Å². The largest absolute Gasteiger partial charge is 0.466 e. The van der Waals surface area contributed by atoms with Crippen LogP contribution < -0.4 is 0 Å². The molecule has 0 aromatic rings. The number of carbonyl (C=O) groups is 2. The maximum atomic E-state index is 10.4. The van der Waals surface area contributed by atoms with Gasteiger partial charge in [-0.05, 0) is 20.3 Å². The fourth-order valence-corrected chi connectivity index (χ4v) is 0.504. The minimum absolute atomic E-state index is 0.00972. The molecule has 0 heterocycles. The van der Waals surface area contributed by atoms with Crippen molar-refractivity contribution in [2.45, 2.75) is 33.3 Å². The molecule has 0 fully saturated rings. The average Bonchev–Trinajstić information content (AvgIpc) is 2.28. The molecule has 0 saturated carbocycles. The van der Waals surface area contributed by atoms with Crippen molar-refractivity contribution in [2.75, 3.05) is 7.11 Å². The van der Waals surface area contributed by atoms with Crippen molar-refractivity contribution >= 4 is 11.9 Å². The smallest absolute Gasteiger partial charge is 0.332 e. The molecule has 0 aromatic heterocycles. The summed E-state index contributed by atoms with van der Waals surface area (Å²) in [7, 11) is 1.33. The Morgan fingerprint density at radius 3 is 2.12 bits per heavy atom. The lowest BCUT2D eigenvalue weighted by Crippen LogP contribution is -2.10. The van der Waals surface area contributed by atoms with Gasteiger partial charge in [-0.25, -0.2) is 9.59 Å². The molecule has 0 bridgehead atoms. The fourth-order valence-electron chi connectivity index (χ4n) is 0.504. The third-order valence-corrected chi connectivity index (χ3v) is 1.59. The van der Waals surface area contributed by atoms with Gasteiger partial charge in [-0.2, -0.15) is 0 Å². The summed E-state index contributed by atoms with van der Waals surface area (Å²) in [6, 6.07) is 0. The molecule has 4 nitrogen and oxygen atoms in total. The Kier molecular flexibility index (Phi) is 10.5. The van der Waals surface area contributed by atoms with E-state index in [1.54, 1.807) is 6.92 Å². The molecule has 0 rings (SSSR count). The monoisotopic (exact) mass is 228 g/mol. The lowest BCUT2D eigenvalue weighted by atomic mass is 10.3. The molecule has 92 valence electrons. The molecule has 16 heavy (non-hydrogen) atoms. The van der Waals surface area contributed by atoms with Crippen LogP contribution >= 0.6 is 0 Å². The zero-order valence-corrected chi connectivity index (χ0v) is 10.4. The summed E-state index contributed by atoms with van der Waals surface area (Å²) < 4.78 is 9.06. The van der Waals surface area contributed by atoms with Gasteiger partial charge in [0.15, 0.2) is 0 Å². The second-order valence-electron chi connectivity index (χ2n) is 3.13. The van der Waals surface area contributed by atoms with Gasteiger partial charge in [-0.1, -0.05) is 20.1 Å². The number of ether oxygens (including phenoxy) is 2. The normalized spacial score (nSPS) is 10.2. The van der Waals surface area contributed by atoms with Crippen molar-refractivity contribution in [1.29, 1.82) is 0 Å².